The quantitative estimate of drug-likeness (QED) is 0.769. The van der Waals surface area contributed by atoms with Crippen molar-refractivity contribution in [3.8, 4) is 0 Å². The molecule has 0 radical (unpaired) electrons. The van der Waals surface area contributed by atoms with Crippen LogP contribution in [-0.4, -0.2) is 10.1 Å². The Kier molecular flexibility index (Phi) is 2.07. The largest absolute Gasteiger partial charge is 0.338 e. The van der Waals surface area contributed by atoms with Gasteiger partial charge in [-0.25, -0.2) is 0 Å². The van der Waals surface area contributed by atoms with E-state index in [-0.39, 0.29) is 6.04 Å². The van der Waals surface area contributed by atoms with Gasteiger partial charge in [0, 0.05) is 5.92 Å². The Labute approximate surface area is 77.5 Å². The highest BCUT2D eigenvalue weighted by Gasteiger charge is 2.30. The van der Waals surface area contributed by atoms with Gasteiger partial charge in [-0.3, -0.25) is 0 Å². The van der Waals surface area contributed by atoms with Crippen LogP contribution in [0.3, 0.4) is 0 Å². The minimum Gasteiger partial charge on any atom is -0.338 e. The molecule has 2 rings (SSSR count). The molecule has 1 aliphatic carbocycles. The van der Waals surface area contributed by atoms with Crippen molar-refractivity contribution in [3.05, 3.63) is 11.7 Å². The van der Waals surface area contributed by atoms with E-state index in [4.69, 9.17) is 10.3 Å². The van der Waals surface area contributed by atoms with Gasteiger partial charge in [0.25, 0.3) is 0 Å². The molecule has 1 aromatic heterocycles. The fourth-order valence-corrected chi connectivity index (χ4v) is 1.18. The Hall–Kier alpha value is -0.900. The highest BCUT2D eigenvalue weighted by molar-refractivity contribution is 5.04. The zero-order valence-electron chi connectivity index (χ0n) is 8.03. The van der Waals surface area contributed by atoms with Crippen molar-refractivity contribution in [2.45, 2.75) is 38.6 Å². The lowest BCUT2D eigenvalue weighted by Gasteiger charge is -2.09. The van der Waals surface area contributed by atoms with E-state index < -0.39 is 0 Å². The zero-order valence-corrected chi connectivity index (χ0v) is 8.03. The van der Waals surface area contributed by atoms with Crippen LogP contribution >= 0.6 is 0 Å². The molecule has 13 heavy (non-hydrogen) atoms. The van der Waals surface area contributed by atoms with Crippen LogP contribution in [-0.2, 0) is 0 Å². The lowest BCUT2D eigenvalue weighted by molar-refractivity contribution is 0.322. The van der Waals surface area contributed by atoms with E-state index in [2.05, 4.69) is 10.1 Å². The summed E-state index contributed by atoms with van der Waals surface area (Å²) in [7, 11) is 0. The van der Waals surface area contributed by atoms with Crippen molar-refractivity contribution in [2.24, 2.45) is 11.7 Å². The van der Waals surface area contributed by atoms with Crippen molar-refractivity contribution in [1.29, 1.82) is 0 Å². The van der Waals surface area contributed by atoms with E-state index in [0.29, 0.717) is 17.7 Å². The molecule has 0 saturated heterocycles. The Bertz CT molecular complexity index is 291. The lowest BCUT2D eigenvalue weighted by Crippen LogP contribution is -2.17. The minimum absolute atomic E-state index is 0.125. The topological polar surface area (TPSA) is 64.9 Å². The van der Waals surface area contributed by atoms with Gasteiger partial charge in [0.15, 0.2) is 5.82 Å². The van der Waals surface area contributed by atoms with E-state index >= 15 is 0 Å². The molecular formula is C9H15N3O. The molecule has 0 unspecified atom stereocenters. The first-order chi connectivity index (χ1) is 6.18. The predicted octanol–water partition coefficient (Wildman–Crippen LogP) is 1.60. The first kappa shape index (κ1) is 8.69. The second kappa shape index (κ2) is 3.10. The number of aromatic nitrogens is 2. The Morgan fingerprint density at radius 3 is 2.69 bits per heavy atom. The lowest BCUT2D eigenvalue weighted by atomic mass is 10.1. The number of hydrogen-bond donors (Lipinski definition) is 1. The summed E-state index contributed by atoms with van der Waals surface area (Å²) in [5.41, 5.74) is 5.88. The summed E-state index contributed by atoms with van der Waals surface area (Å²) in [5.74, 6) is 2.30. The van der Waals surface area contributed by atoms with E-state index in [1.807, 2.05) is 13.8 Å². The van der Waals surface area contributed by atoms with Crippen LogP contribution in [0.5, 0.6) is 0 Å². The standard InChI is InChI=1S/C9H15N3O/c1-5(2)7(10)9-11-8(12-13-9)6-3-4-6/h5-7H,3-4,10H2,1-2H3/t7-/m1/s1. The minimum atomic E-state index is -0.125. The molecule has 0 bridgehead atoms. The zero-order chi connectivity index (χ0) is 9.42. The third-order valence-electron chi connectivity index (χ3n) is 2.40. The summed E-state index contributed by atoms with van der Waals surface area (Å²) in [6.45, 7) is 4.09. The van der Waals surface area contributed by atoms with Crippen molar-refractivity contribution in [2.75, 3.05) is 0 Å². The maximum atomic E-state index is 5.88. The molecule has 2 N–H and O–H groups in total. The summed E-state index contributed by atoms with van der Waals surface area (Å²) < 4.78 is 5.10. The van der Waals surface area contributed by atoms with Crippen LogP contribution in [0, 0.1) is 5.92 Å². The third kappa shape index (κ3) is 1.72. The van der Waals surface area contributed by atoms with Gasteiger partial charge >= 0.3 is 0 Å². The van der Waals surface area contributed by atoms with Crippen LogP contribution in [0.1, 0.15) is 50.4 Å². The molecule has 0 aromatic carbocycles. The monoisotopic (exact) mass is 181 g/mol. The van der Waals surface area contributed by atoms with Gasteiger partial charge in [-0.15, -0.1) is 0 Å². The maximum absolute atomic E-state index is 5.88. The number of nitrogens with zero attached hydrogens (tertiary/aromatic N) is 2. The van der Waals surface area contributed by atoms with Crippen molar-refractivity contribution in [1.82, 2.24) is 10.1 Å². The van der Waals surface area contributed by atoms with Crippen LogP contribution in [0.15, 0.2) is 4.52 Å². The highest BCUT2D eigenvalue weighted by atomic mass is 16.5. The van der Waals surface area contributed by atoms with Gasteiger partial charge in [-0.1, -0.05) is 19.0 Å². The van der Waals surface area contributed by atoms with Crippen molar-refractivity contribution >= 4 is 0 Å². The number of hydrogen-bond acceptors (Lipinski definition) is 4. The molecule has 0 aliphatic heterocycles. The second-order valence-corrected chi connectivity index (χ2v) is 4.03. The van der Waals surface area contributed by atoms with Gasteiger partial charge in [0.1, 0.15) is 0 Å². The van der Waals surface area contributed by atoms with Gasteiger partial charge in [-0.2, -0.15) is 4.98 Å². The average molecular weight is 181 g/mol. The normalized spacial score (nSPS) is 19.4. The molecule has 4 heteroatoms. The van der Waals surface area contributed by atoms with Gasteiger partial charge in [-0.05, 0) is 18.8 Å². The van der Waals surface area contributed by atoms with Crippen LogP contribution < -0.4 is 5.73 Å². The Morgan fingerprint density at radius 2 is 2.15 bits per heavy atom. The first-order valence-corrected chi connectivity index (χ1v) is 4.77. The van der Waals surface area contributed by atoms with Crippen LogP contribution in [0.2, 0.25) is 0 Å². The fraction of sp³-hybridized carbons (Fsp3) is 0.778. The average Bonchev–Trinajstić information content (AvgIpc) is 2.83. The fourth-order valence-electron chi connectivity index (χ4n) is 1.18. The molecule has 1 aromatic rings. The molecule has 72 valence electrons. The Balaban J connectivity index is 2.11. The molecule has 1 saturated carbocycles. The summed E-state index contributed by atoms with van der Waals surface area (Å²) in [4.78, 5) is 4.29. The highest BCUT2D eigenvalue weighted by Crippen LogP contribution is 2.38. The summed E-state index contributed by atoms with van der Waals surface area (Å²) in [5, 5.41) is 3.92. The van der Waals surface area contributed by atoms with Gasteiger partial charge in [0.2, 0.25) is 5.89 Å². The summed E-state index contributed by atoms with van der Waals surface area (Å²) in [6, 6.07) is -0.125. The number of rotatable bonds is 3. The van der Waals surface area contributed by atoms with Gasteiger partial charge in [0.05, 0.1) is 6.04 Å². The van der Waals surface area contributed by atoms with E-state index in [1.165, 1.54) is 12.8 Å². The van der Waals surface area contributed by atoms with Crippen molar-refractivity contribution < 1.29 is 4.52 Å². The summed E-state index contributed by atoms with van der Waals surface area (Å²) >= 11 is 0. The molecule has 1 fully saturated rings. The van der Waals surface area contributed by atoms with Crippen molar-refractivity contribution in [3.63, 3.8) is 0 Å². The second-order valence-electron chi connectivity index (χ2n) is 4.03. The van der Waals surface area contributed by atoms with E-state index in [1.54, 1.807) is 0 Å². The molecular weight excluding hydrogens is 166 g/mol. The van der Waals surface area contributed by atoms with Gasteiger partial charge < -0.3 is 10.3 Å². The predicted molar refractivity (Wildman–Crippen MR) is 48.0 cm³/mol. The van der Waals surface area contributed by atoms with Crippen LogP contribution in [0.25, 0.3) is 0 Å². The molecule has 1 aliphatic rings. The third-order valence-corrected chi connectivity index (χ3v) is 2.40. The van der Waals surface area contributed by atoms with E-state index in [9.17, 15) is 0 Å². The molecule has 1 atom stereocenters. The smallest absolute Gasteiger partial charge is 0.243 e. The Morgan fingerprint density at radius 1 is 1.46 bits per heavy atom. The first-order valence-electron chi connectivity index (χ1n) is 4.77. The molecule has 1 heterocycles. The molecule has 0 spiro atoms. The SMILES string of the molecule is CC(C)[C@@H](N)c1nc(C2CC2)no1. The molecule has 4 nitrogen and oxygen atoms in total. The van der Waals surface area contributed by atoms with Crippen LogP contribution in [0.4, 0.5) is 0 Å². The summed E-state index contributed by atoms with van der Waals surface area (Å²) in [6.07, 6.45) is 2.38. The number of nitrogens with two attached hydrogens (primary N) is 1. The molecule has 0 amide bonds. The maximum Gasteiger partial charge on any atom is 0.243 e. The van der Waals surface area contributed by atoms with E-state index in [0.717, 1.165) is 5.82 Å².